The lowest BCUT2D eigenvalue weighted by Gasteiger charge is -2.07. The minimum absolute atomic E-state index is 0.365. The third-order valence-electron chi connectivity index (χ3n) is 1.57. The number of carbonyl (C=O) groups is 1. The van der Waals surface area contributed by atoms with Gasteiger partial charge in [0.05, 0.1) is 13.5 Å². The first-order chi connectivity index (χ1) is 7.11. The van der Waals surface area contributed by atoms with E-state index in [1.165, 1.54) is 0 Å². The van der Waals surface area contributed by atoms with Crippen molar-refractivity contribution >= 4 is 5.97 Å². The normalized spacial score (nSPS) is 15.4. The smallest absolute Gasteiger partial charge is 0.338 e. The molecular weight excluding hydrogens is 184 g/mol. The Balaban J connectivity index is 2.44. The number of aliphatic hydroxyl groups excluding tert-OH is 2. The van der Waals surface area contributed by atoms with Gasteiger partial charge in [-0.2, -0.15) is 0 Å². The predicted octanol–water partition coefficient (Wildman–Crippen LogP) is 0.197. The molecule has 0 aliphatic rings. The molecule has 0 unspecified atom stereocenters. The highest BCUT2D eigenvalue weighted by Gasteiger charge is 2.08. The Morgan fingerprint density at radius 2 is 2.14 bits per heavy atom. The summed E-state index contributed by atoms with van der Waals surface area (Å²) in [4.78, 5) is 11.3. The number of hydrogen-bond acceptors (Lipinski definition) is 4. The Bertz CT molecular complexity index is 312. The van der Waals surface area contributed by atoms with Crippen molar-refractivity contribution in [2.24, 2.45) is 0 Å². The van der Waals surface area contributed by atoms with E-state index in [9.17, 15) is 4.79 Å². The number of benzene rings is 1. The van der Waals surface area contributed by atoms with Crippen molar-refractivity contribution in [3.8, 4) is 0 Å². The minimum Gasteiger partial charge on any atom is -0.459 e. The summed E-state index contributed by atoms with van der Waals surface area (Å²) in [6, 6.07) is 8.29. The number of esters is 1. The molecule has 0 aliphatic carbocycles. The zero-order valence-electron chi connectivity index (χ0n) is 8.46. The highest BCUT2D eigenvalue weighted by Crippen LogP contribution is 2.01. The monoisotopic (exact) mass is 197 g/mol. The van der Waals surface area contributed by atoms with Crippen molar-refractivity contribution in [1.29, 1.82) is 0 Å². The average molecular weight is 197 g/mol. The van der Waals surface area contributed by atoms with Gasteiger partial charge < -0.3 is 14.9 Å². The lowest BCUT2D eigenvalue weighted by Crippen LogP contribution is -2.21. The molecule has 0 amide bonds. The van der Waals surface area contributed by atoms with Crippen LogP contribution in [0.4, 0.5) is 0 Å². The molecule has 0 radical (unpaired) electrons. The second-order valence-electron chi connectivity index (χ2n) is 2.68. The van der Waals surface area contributed by atoms with Crippen LogP contribution in [0.1, 0.15) is 11.7 Å². The van der Waals surface area contributed by atoms with E-state index in [0.29, 0.717) is 5.56 Å². The fraction of sp³-hybridized carbons (Fsp3) is 0.300. The predicted molar refractivity (Wildman–Crippen MR) is 49.8 cm³/mol. The molecule has 0 aromatic heterocycles. The van der Waals surface area contributed by atoms with Crippen molar-refractivity contribution in [2.75, 3.05) is 13.2 Å². The Labute approximate surface area is 83.2 Å². The second kappa shape index (κ2) is 5.36. The van der Waals surface area contributed by atoms with Crippen LogP contribution in [0.2, 0.25) is 0 Å². The lowest BCUT2D eigenvalue weighted by atomic mass is 10.2. The zero-order chi connectivity index (χ0) is 11.3. The molecule has 0 bridgehead atoms. The first kappa shape index (κ1) is 9.18. The average Bonchev–Trinajstić information content (AvgIpc) is 2.26. The SMILES string of the molecule is [2H][C@@H](O)[C@@H](O)COC(=O)c1ccccc1. The number of aliphatic hydroxyl groups is 2. The second-order valence-corrected chi connectivity index (χ2v) is 2.68. The van der Waals surface area contributed by atoms with E-state index >= 15 is 0 Å². The van der Waals surface area contributed by atoms with Crippen molar-refractivity contribution in [3.63, 3.8) is 0 Å². The molecule has 2 atom stereocenters. The molecule has 0 aliphatic heterocycles. The Morgan fingerprint density at radius 3 is 2.71 bits per heavy atom. The van der Waals surface area contributed by atoms with Crippen LogP contribution in [-0.4, -0.2) is 35.5 Å². The minimum atomic E-state index is -1.66. The molecule has 4 heteroatoms. The van der Waals surface area contributed by atoms with Crippen LogP contribution < -0.4 is 0 Å². The van der Waals surface area contributed by atoms with Crippen LogP contribution in [0.3, 0.4) is 0 Å². The summed E-state index contributed by atoms with van der Waals surface area (Å²) in [5.41, 5.74) is 0.365. The maximum Gasteiger partial charge on any atom is 0.338 e. The maximum atomic E-state index is 11.3. The molecule has 76 valence electrons. The molecule has 2 N–H and O–H groups in total. The van der Waals surface area contributed by atoms with Crippen LogP contribution >= 0.6 is 0 Å². The quantitative estimate of drug-likeness (QED) is 0.676. The van der Waals surface area contributed by atoms with Gasteiger partial charge in [-0.3, -0.25) is 0 Å². The van der Waals surface area contributed by atoms with Gasteiger partial charge in [-0.1, -0.05) is 18.2 Å². The number of hydrogen-bond donors (Lipinski definition) is 2. The number of rotatable bonds is 4. The summed E-state index contributed by atoms with van der Waals surface area (Å²) in [5, 5.41) is 17.6. The van der Waals surface area contributed by atoms with Gasteiger partial charge in [-0.05, 0) is 12.1 Å². The summed E-state index contributed by atoms with van der Waals surface area (Å²) >= 11 is 0. The zero-order valence-corrected chi connectivity index (χ0v) is 7.46. The Kier molecular flexibility index (Phi) is 3.52. The van der Waals surface area contributed by atoms with Crippen molar-refractivity contribution in [3.05, 3.63) is 35.9 Å². The fourth-order valence-electron chi connectivity index (χ4n) is 0.862. The Hall–Kier alpha value is -1.39. The van der Waals surface area contributed by atoms with Crippen molar-refractivity contribution in [2.45, 2.75) is 6.10 Å². The van der Waals surface area contributed by atoms with Crippen molar-refractivity contribution < 1.29 is 21.1 Å². The topological polar surface area (TPSA) is 66.8 Å². The van der Waals surface area contributed by atoms with E-state index in [-0.39, 0.29) is 0 Å². The summed E-state index contributed by atoms with van der Waals surface area (Å²) in [5.74, 6) is -0.588. The van der Waals surface area contributed by atoms with Gasteiger partial charge in [0, 0.05) is 0 Å². The van der Waals surface area contributed by atoms with E-state index in [1.807, 2.05) is 0 Å². The van der Waals surface area contributed by atoms with E-state index in [1.54, 1.807) is 30.3 Å². The van der Waals surface area contributed by atoms with Crippen LogP contribution in [0.5, 0.6) is 0 Å². The van der Waals surface area contributed by atoms with Crippen LogP contribution in [0.15, 0.2) is 30.3 Å². The molecule has 14 heavy (non-hydrogen) atoms. The molecule has 0 saturated heterocycles. The molecular formula is C10H12O4. The van der Waals surface area contributed by atoms with E-state index < -0.39 is 25.3 Å². The van der Waals surface area contributed by atoms with Crippen molar-refractivity contribution in [1.82, 2.24) is 0 Å². The summed E-state index contributed by atoms with van der Waals surface area (Å²) in [7, 11) is 0. The first-order valence-electron chi connectivity index (χ1n) is 4.69. The molecule has 0 heterocycles. The standard InChI is InChI=1S/C10H12O4/c11-6-9(12)7-14-10(13)8-4-2-1-3-5-8/h1-5,9,11-12H,6-7H2/t9-/m1/s1/i6D/t6-,9-. The third-order valence-corrected chi connectivity index (χ3v) is 1.57. The van der Waals surface area contributed by atoms with Crippen LogP contribution in [0.25, 0.3) is 0 Å². The third kappa shape index (κ3) is 3.16. The van der Waals surface area contributed by atoms with Gasteiger partial charge in [0.25, 0.3) is 0 Å². The van der Waals surface area contributed by atoms with Crippen LogP contribution in [0, 0.1) is 0 Å². The Morgan fingerprint density at radius 1 is 1.50 bits per heavy atom. The highest BCUT2D eigenvalue weighted by molar-refractivity contribution is 5.89. The van der Waals surface area contributed by atoms with Gasteiger partial charge in [-0.15, -0.1) is 0 Å². The van der Waals surface area contributed by atoms with Gasteiger partial charge in [0.15, 0.2) is 0 Å². The molecule has 1 aromatic rings. The number of ether oxygens (including phenoxy) is 1. The number of carbonyl (C=O) groups excluding carboxylic acids is 1. The van der Waals surface area contributed by atoms with Gasteiger partial charge >= 0.3 is 5.97 Å². The van der Waals surface area contributed by atoms with Gasteiger partial charge in [0.2, 0.25) is 0 Å². The highest BCUT2D eigenvalue weighted by atomic mass is 16.5. The first-order valence-corrected chi connectivity index (χ1v) is 4.12. The largest absolute Gasteiger partial charge is 0.459 e. The molecule has 0 fully saturated rings. The maximum absolute atomic E-state index is 11.3. The fourth-order valence-corrected chi connectivity index (χ4v) is 0.862. The van der Waals surface area contributed by atoms with E-state index in [0.717, 1.165) is 0 Å². The summed E-state index contributed by atoms with van der Waals surface area (Å²) < 4.78 is 11.4. The van der Waals surface area contributed by atoms with Crippen LogP contribution in [-0.2, 0) is 4.74 Å². The molecule has 0 saturated carbocycles. The summed E-state index contributed by atoms with van der Waals surface area (Å²) in [6.45, 7) is -2.05. The van der Waals surface area contributed by atoms with Gasteiger partial charge in [-0.25, -0.2) is 4.79 Å². The summed E-state index contributed by atoms with van der Waals surface area (Å²) in [6.07, 6.45) is -1.38. The van der Waals surface area contributed by atoms with E-state index in [4.69, 9.17) is 11.6 Å². The van der Waals surface area contributed by atoms with Gasteiger partial charge in [0.1, 0.15) is 12.7 Å². The lowest BCUT2D eigenvalue weighted by molar-refractivity contribution is 0.00933. The molecule has 4 nitrogen and oxygen atoms in total. The molecule has 1 aromatic carbocycles. The molecule has 0 spiro atoms. The molecule has 1 rings (SSSR count). The van der Waals surface area contributed by atoms with E-state index in [2.05, 4.69) is 4.74 Å².